The number of anilines is 2. The van der Waals surface area contributed by atoms with Gasteiger partial charge in [0.2, 0.25) is 0 Å². The van der Waals surface area contributed by atoms with Crippen LogP contribution in [0.15, 0.2) is 12.3 Å². The van der Waals surface area contributed by atoms with Gasteiger partial charge in [-0.05, 0) is 18.2 Å². The topological polar surface area (TPSA) is 42.2 Å². The lowest BCUT2D eigenvalue weighted by Crippen LogP contribution is -2.32. The molecule has 0 bridgehead atoms. The zero-order valence-electron chi connectivity index (χ0n) is 9.87. The van der Waals surface area contributed by atoms with Gasteiger partial charge in [0.05, 0.1) is 17.6 Å². The van der Waals surface area contributed by atoms with Gasteiger partial charge in [-0.1, -0.05) is 0 Å². The molecule has 1 saturated heterocycles. The number of nitrogens with zero attached hydrogens (tertiary/aromatic N) is 2. The van der Waals surface area contributed by atoms with Crippen LogP contribution in [0.25, 0.3) is 0 Å². The van der Waals surface area contributed by atoms with Gasteiger partial charge in [0, 0.05) is 18.8 Å². The van der Waals surface area contributed by atoms with Crippen molar-refractivity contribution in [2.75, 3.05) is 29.2 Å². The maximum Gasteiger partial charge on any atom is 0.433 e. The third-order valence-electron chi connectivity index (χ3n) is 3.04. The number of hydrogen-bond acceptors (Lipinski definition) is 4. The van der Waals surface area contributed by atoms with Crippen LogP contribution in [0.3, 0.4) is 0 Å². The number of thioether (sulfide) groups is 1. The van der Waals surface area contributed by atoms with Crippen LogP contribution in [-0.4, -0.2) is 29.6 Å². The molecule has 0 saturated carbocycles. The summed E-state index contributed by atoms with van der Waals surface area (Å²) in [7, 11) is 1.78. The molecule has 1 unspecified atom stereocenters. The summed E-state index contributed by atoms with van der Waals surface area (Å²) in [5.74, 6) is 1.95. The van der Waals surface area contributed by atoms with Crippen LogP contribution in [0.4, 0.5) is 24.5 Å². The van der Waals surface area contributed by atoms with Crippen LogP contribution >= 0.6 is 11.8 Å². The van der Waals surface area contributed by atoms with Crippen molar-refractivity contribution in [1.29, 1.82) is 0 Å². The second-order valence-corrected chi connectivity index (χ2v) is 5.40. The van der Waals surface area contributed by atoms with Crippen molar-refractivity contribution in [1.82, 2.24) is 4.98 Å². The molecule has 2 heterocycles. The van der Waals surface area contributed by atoms with Crippen molar-refractivity contribution in [3.8, 4) is 0 Å². The molecule has 1 aliphatic rings. The molecule has 1 fully saturated rings. The summed E-state index contributed by atoms with van der Waals surface area (Å²) in [4.78, 5) is 5.16. The Morgan fingerprint density at radius 2 is 2.22 bits per heavy atom. The minimum atomic E-state index is -4.44. The Hall–Kier alpha value is -1.11. The first-order valence-electron chi connectivity index (χ1n) is 5.53. The third-order valence-corrected chi connectivity index (χ3v) is 4.18. The van der Waals surface area contributed by atoms with E-state index in [1.54, 1.807) is 18.8 Å². The highest BCUT2D eigenvalue weighted by atomic mass is 32.2. The lowest BCUT2D eigenvalue weighted by Gasteiger charge is -2.27. The van der Waals surface area contributed by atoms with E-state index >= 15 is 0 Å². The molecule has 1 aromatic rings. The quantitative estimate of drug-likeness (QED) is 0.902. The summed E-state index contributed by atoms with van der Waals surface area (Å²) in [6.45, 7) is 0. The van der Waals surface area contributed by atoms with Crippen molar-refractivity contribution < 1.29 is 13.2 Å². The van der Waals surface area contributed by atoms with Crippen LogP contribution in [-0.2, 0) is 6.18 Å². The second-order valence-electron chi connectivity index (χ2n) is 4.25. The Bertz CT molecular complexity index is 430. The lowest BCUT2D eigenvalue weighted by molar-refractivity contribution is -0.141. The maximum atomic E-state index is 12.6. The number of halogens is 3. The van der Waals surface area contributed by atoms with Gasteiger partial charge in [0.25, 0.3) is 0 Å². The minimum absolute atomic E-state index is 0.237. The fourth-order valence-corrected chi connectivity index (χ4v) is 3.21. The van der Waals surface area contributed by atoms with Crippen LogP contribution in [0, 0.1) is 0 Å². The molecule has 2 rings (SSSR count). The first kappa shape index (κ1) is 13.3. The Morgan fingerprint density at radius 1 is 1.50 bits per heavy atom. The number of hydrogen-bond donors (Lipinski definition) is 1. The van der Waals surface area contributed by atoms with Gasteiger partial charge in [-0.15, -0.1) is 0 Å². The monoisotopic (exact) mass is 277 g/mol. The van der Waals surface area contributed by atoms with Gasteiger partial charge in [-0.25, -0.2) is 4.98 Å². The summed E-state index contributed by atoms with van der Waals surface area (Å²) < 4.78 is 37.8. The van der Waals surface area contributed by atoms with E-state index in [4.69, 9.17) is 5.73 Å². The molecular formula is C11H14F3N3S. The number of rotatable bonds is 2. The summed E-state index contributed by atoms with van der Waals surface area (Å²) in [5, 5.41) is 0. The van der Waals surface area contributed by atoms with E-state index in [0.717, 1.165) is 30.2 Å². The van der Waals surface area contributed by atoms with Gasteiger partial charge in [-0.2, -0.15) is 24.9 Å². The molecule has 0 aromatic carbocycles. The van der Waals surface area contributed by atoms with Crippen LogP contribution in [0.1, 0.15) is 12.1 Å². The molecule has 1 aliphatic heterocycles. The summed E-state index contributed by atoms with van der Waals surface area (Å²) in [6, 6.07) is 1.26. The standard InChI is InChI=1S/C11H14F3N3S/c1-17(7-2-3-18-6-7)9-4-10(11(12,13)14)16-5-8(9)15/h4-5,7H,2-3,6,15H2,1H3. The largest absolute Gasteiger partial charge is 0.433 e. The molecule has 0 aliphatic carbocycles. The number of aromatic nitrogens is 1. The van der Waals surface area contributed by atoms with Crippen LogP contribution < -0.4 is 10.6 Å². The molecule has 2 N–H and O–H groups in total. The zero-order chi connectivity index (χ0) is 13.3. The Balaban J connectivity index is 2.31. The number of alkyl halides is 3. The first-order chi connectivity index (χ1) is 8.39. The highest BCUT2D eigenvalue weighted by Gasteiger charge is 2.34. The van der Waals surface area contributed by atoms with Crippen LogP contribution in [0.5, 0.6) is 0 Å². The molecule has 18 heavy (non-hydrogen) atoms. The van der Waals surface area contributed by atoms with Crippen molar-refractivity contribution in [3.63, 3.8) is 0 Å². The normalized spacial score (nSPS) is 20.1. The predicted octanol–water partition coefficient (Wildman–Crippen LogP) is 2.62. The molecule has 0 radical (unpaired) electrons. The Morgan fingerprint density at radius 3 is 2.78 bits per heavy atom. The van der Waals surface area contributed by atoms with E-state index in [9.17, 15) is 13.2 Å². The van der Waals surface area contributed by atoms with Crippen molar-refractivity contribution in [2.24, 2.45) is 0 Å². The zero-order valence-corrected chi connectivity index (χ0v) is 10.7. The van der Waals surface area contributed by atoms with E-state index in [0.29, 0.717) is 5.69 Å². The molecule has 1 atom stereocenters. The van der Waals surface area contributed by atoms with Gasteiger partial charge in [-0.3, -0.25) is 0 Å². The molecule has 3 nitrogen and oxygen atoms in total. The molecule has 1 aromatic heterocycles. The van der Waals surface area contributed by atoms with Crippen LogP contribution in [0.2, 0.25) is 0 Å². The fourth-order valence-electron chi connectivity index (χ4n) is 1.94. The lowest BCUT2D eigenvalue weighted by atomic mass is 10.2. The third kappa shape index (κ3) is 2.66. The van der Waals surface area contributed by atoms with E-state index < -0.39 is 11.9 Å². The SMILES string of the molecule is CN(c1cc(C(F)(F)F)ncc1N)C1CCSC1. The van der Waals surface area contributed by atoms with Gasteiger partial charge in [0.15, 0.2) is 0 Å². The molecular weight excluding hydrogens is 263 g/mol. The number of nitrogens with two attached hydrogens (primary N) is 1. The van der Waals surface area contributed by atoms with E-state index in [-0.39, 0.29) is 11.7 Å². The highest BCUT2D eigenvalue weighted by Crippen LogP contribution is 2.34. The Kier molecular flexibility index (Phi) is 3.61. The highest BCUT2D eigenvalue weighted by molar-refractivity contribution is 7.99. The van der Waals surface area contributed by atoms with Crippen molar-refractivity contribution >= 4 is 23.1 Å². The molecule has 100 valence electrons. The van der Waals surface area contributed by atoms with Gasteiger partial charge in [0.1, 0.15) is 5.69 Å². The minimum Gasteiger partial charge on any atom is -0.396 e. The number of nitrogen functional groups attached to an aromatic ring is 1. The summed E-state index contributed by atoms with van der Waals surface area (Å²) in [6.07, 6.45) is -2.39. The van der Waals surface area contributed by atoms with E-state index in [2.05, 4.69) is 4.98 Å². The first-order valence-corrected chi connectivity index (χ1v) is 6.68. The summed E-state index contributed by atoms with van der Waals surface area (Å²) in [5.41, 5.74) is 5.51. The Labute approximate surface area is 108 Å². The van der Waals surface area contributed by atoms with Crippen molar-refractivity contribution in [3.05, 3.63) is 18.0 Å². The second kappa shape index (κ2) is 4.87. The average molecular weight is 277 g/mol. The smallest absolute Gasteiger partial charge is 0.396 e. The molecule has 0 amide bonds. The van der Waals surface area contributed by atoms with Crippen molar-refractivity contribution in [2.45, 2.75) is 18.6 Å². The fraction of sp³-hybridized carbons (Fsp3) is 0.545. The van der Waals surface area contributed by atoms with Gasteiger partial charge < -0.3 is 10.6 Å². The molecule has 0 spiro atoms. The van der Waals surface area contributed by atoms with Gasteiger partial charge >= 0.3 is 6.18 Å². The average Bonchev–Trinajstić information content (AvgIpc) is 2.80. The summed E-state index contributed by atoms with van der Waals surface area (Å²) >= 11 is 1.80. The van der Waals surface area contributed by atoms with E-state index in [1.165, 1.54) is 0 Å². The van der Waals surface area contributed by atoms with E-state index in [1.807, 2.05) is 4.90 Å². The number of pyridine rings is 1. The maximum absolute atomic E-state index is 12.6. The molecule has 7 heteroatoms. The predicted molar refractivity (Wildman–Crippen MR) is 67.8 cm³/mol.